The second kappa shape index (κ2) is 11.1. The highest BCUT2D eigenvalue weighted by atomic mass is 35.5. The van der Waals surface area contributed by atoms with E-state index in [4.69, 9.17) is 26.8 Å². The SMILES string of the molecule is Nc1ncc(Cl)cc1-c1ccc(Oc2ncc(NC(=O)Nc3cccnc3N3CCOCC3)cn2)cc1. The maximum atomic E-state index is 12.6. The van der Waals surface area contributed by atoms with Gasteiger partial charge in [0.1, 0.15) is 11.6 Å². The van der Waals surface area contributed by atoms with E-state index in [1.54, 1.807) is 36.5 Å². The number of halogens is 1. The molecule has 1 aliphatic rings. The normalized spacial score (nSPS) is 13.2. The van der Waals surface area contributed by atoms with Gasteiger partial charge in [-0.1, -0.05) is 23.7 Å². The highest BCUT2D eigenvalue weighted by Gasteiger charge is 2.17. The maximum Gasteiger partial charge on any atom is 0.323 e. The molecule has 5 rings (SSSR count). The van der Waals surface area contributed by atoms with Crippen molar-refractivity contribution in [3.05, 3.63) is 72.3 Å². The Morgan fingerprint density at radius 1 is 1.00 bits per heavy atom. The summed E-state index contributed by atoms with van der Waals surface area (Å²) in [5.41, 5.74) is 8.53. The van der Waals surface area contributed by atoms with Crippen molar-refractivity contribution in [2.75, 3.05) is 47.6 Å². The zero-order chi connectivity index (χ0) is 25.6. The number of nitrogens with two attached hydrogens (primary N) is 1. The number of carbonyl (C=O) groups is 1. The number of hydrogen-bond acceptors (Lipinski definition) is 9. The first kappa shape index (κ1) is 24.2. The molecular formula is C25H23ClN8O3. The van der Waals surface area contributed by atoms with Crippen molar-refractivity contribution in [3.8, 4) is 22.9 Å². The minimum Gasteiger partial charge on any atom is -0.424 e. The van der Waals surface area contributed by atoms with Crippen LogP contribution in [0, 0.1) is 0 Å². The van der Waals surface area contributed by atoms with Crippen LogP contribution in [0.2, 0.25) is 5.02 Å². The van der Waals surface area contributed by atoms with E-state index in [-0.39, 0.29) is 6.01 Å². The van der Waals surface area contributed by atoms with Crippen molar-refractivity contribution < 1.29 is 14.3 Å². The number of pyridine rings is 2. The van der Waals surface area contributed by atoms with Crippen LogP contribution in [0.3, 0.4) is 0 Å². The molecular weight excluding hydrogens is 496 g/mol. The van der Waals surface area contributed by atoms with Gasteiger partial charge in [-0.3, -0.25) is 0 Å². The Hall–Kier alpha value is -4.48. The molecule has 4 N–H and O–H groups in total. The van der Waals surface area contributed by atoms with Gasteiger partial charge in [0.05, 0.1) is 42.0 Å². The molecule has 0 saturated carbocycles. The van der Waals surface area contributed by atoms with Gasteiger partial charge in [0.2, 0.25) is 0 Å². The number of nitrogens with zero attached hydrogens (tertiary/aromatic N) is 5. The maximum absolute atomic E-state index is 12.6. The van der Waals surface area contributed by atoms with Gasteiger partial charge >= 0.3 is 12.0 Å². The van der Waals surface area contributed by atoms with E-state index >= 15 is 0 Å². The number of morpholine rings is 1. The van der Waals surface area contributed by atoms with Crippen molar-refractivity contribution >= 4 is 40.6 Å². The molecule has 1 fully saturated rings. The molecule has 0 unspecified atom stereocenters. The third-order valence-electron chi connectivity index (χ3n) is 5.49. The molecule has 0 atom stereocenters. The molecule has 0 aliphatic carbocycles. The Balaban J connectivity index is 1.19. The van der Waals surface area contributed by atoms with Gasteiger partial charge in [-0.15, -0.1) is 0 Å². The number of carbonyl (C=O) groups excluding carboxylic acids is 1. The standard InChI is InChI=1S/C25H23ClN8O3/c26-17-12-20(22(27)29-13-17)16-3-5-19(6-4-16)37-25-30-14-18(15-31-25)32-24(35)33-21-2-1-7-28-23(21)34-8-10-36-11-9-34/h1-7,12-15H,8-11H2,(H2,27,29)(H2,32,33,35). The van der Waals surface area contributed by atoms with Gasteiger partial charge in [-0.05, 0) is 35.9 Å². The zero-order valence-electron chi connectivity index (χ0n) is 19.6. The van der Waals surface area contributed by atoms with Crippen molar-refractivity contribution in [2.24, 2.45) is 0 Å². The molecule has 3 aromatic heterocycles. The van der Waals surface area contributed by atoms with Crippen molar-refractivity contribution in [2.45, 2.75) is 0 Å². The van der Waals surface area contributed by atoms with Gasteiger partial charge in [-0.25, -0.2) is 24.7 Å². The largest absolute Gasteiger partial charge is 0.424 e. The number of benzene rings is 1. The lowest BCUT2D eigenvalue weighted by atomic mass is 10.1. The second-order valence-corrected chi connectivity index (χ2v) is 8.46. The minimum atomic E-state index is -0.440. The highest BCUT2D eigenvalue weighted by molar-refractivity contribution is 6.30. The molecule has 12 heteroatoms. The summed E-state index contributed by atoms with van der Waals surface area (Å²) < 4.78 is 11.1. The second-order valence-electron chi connectivity index (χ2n) is 8.02. The summed E-state index contributed by atoms with van der Waals surface area (Å²) in [6, 6.07) is 12.2. The number of aromatic nitrogens is 4. The van der Waals surface area contributed by atoms with Gasteiger partial charge in [0, 0.05) is 31.0 Å². The number of amides is 2. The molecule has 0 bridgehead atoms. The van der Waals surface area contributed by atoms with E-state index < -0.39 is 6.03 Å². The van der Waals surface area contributed by atoms with Crippen LogP contribution in [0.15, 0.2) is 67.3 Å². The number of nitrogen functional groups attached to an aromatic ring is 1. The Kier molecular flexibility index (Phi) is 7.24. The van der Waals surface area contributed by atoms with E-state index in [0.29, 0.717) is 60.1 Å². The van der Waals surface area contributed by atoms with E-state index in [0.717, 1.165) is 11.1 Å². The summed E-state index contributed by atoms with van der Waals surface area (Å²) in [4.78, 5) is 31.5. The van der Waals surface area contributed by atoms with Crippen molar-refractivity contribution in [1.82, 2.24) is 19.9 Å². The van der Waals surface area contributed by atoms with Gasteiger partial charge in [0.15, 0.2) is 5.82 Å². The summed E-state index contributed by atoms with van der Waals surface area (Å²) in [5, 5.41) is 6.05. The molecule has 0 radical (unpaired) electrons. The van der Waals surface area contributed by atoms with Crippen LogP contribution < -0.4 is 26.0 Å². The van der Waals surface area contributed by atoms with Gasteiger partial charge in [-0.2, -0.15) is 0 Å². The Morgan fingerprint density at radius 3 is 2.51 bits per heavy atom. The number of urea groups is 1. The number of nitrogens with one attached hydrogen (secondary N) is 2. The average molecular weight is 519 g/mol. The summed E-state index contributed by atoms with van der Waals surface area (Å²) in [6.45, 7) is 2.65. The topological polar surface area (TPSA) is 140 Å². The highest BCUT2D eigenvalue weighted by Crippen LogP contribution is 2.29. The predicted octanol–water partition coefficient (Wildman–Crippen LogP) is 4.44. The summed E-state index contributed by atoms with van der Waals surface area (Å²) >= 11 is 6.03. The molecule has 2 amide bonds. The third-order valence-corrected chi connectivity index (χ3v) is 5.70. The quantitative estimate of drug-likeness (QED) is 0.337. The van der Waals surface area contributed by atoms with Crippen LogP contribution in [0.4, 0.5) is 27.8 Å². The number of anilines is 4. The smallest absolute Gasteiger partial charge is 0.323 e. The molecule has 0 spiro atoms. The van der Waals surface area contributed by atoms with Gasteiger partial charge in [0.25, 0.3) is 0 Å². The van der Waals surface area contributed by atoms with Crippen LogP contribution in [-0.4, -0.2) is 52.3 Å². The van der Waals surface area contributed by atoms with E-state index in [1.807, 2.05) is 12.1 Å². The molecule has 4 aromatic rings. The molecule has 1 aliphatic heterocycles. The van der Waals surface area contributed by atoms with Gasteiger partial charge < -0.3 is 30.7 Å². The van der Waals surface area contributed by atoms with Crippen molar-refractivity contribution in [1.29, 1.82) is 0 Å². The van der Waals surface area contributed by atoms with Crippen LogP contribution in [0.5, 0.6) is 11.8 Å². The summed E-state index contributed by atoms with van der Waals surface area (Å²) in [5.74, 6) is 1.61. The Morgan fingerprint density at radius 2 is 1.76 bits per heavy atom. The first-order chi connectivity index (χ1) is 18.0. The summed E-state index contributed by atoms with van der Waals surface area (Å²) in [6.07, 6.45) is 6.11. The molecule has 1 saturated heterocycles. The monoisotopic (exact) mass is 518 g/mol. The number of ether oxygens (including phenoxy) is 2. The molecule has 11 nitrogen and oxygen atoms in total. The number of hydrogen-bond donors (Lipinski definition) is 3. The molecule has 37 heavy (non-hydrogen) atoms. The third kappa shape index (κ3) is 6.02. The van der Waals surface area contributed by atoms with Crippen LogP contribution >= 0.6 is 11.6 Å². The van der Waals surface area contributed by atoms with Crippen LogP contribution in [-0.2, 0) is 4.74 Å². The first-order valence-corrected chi connectivity index (χ1v) is 11.8. The fourth-order valence-electron chi connectivity index (χ4n) is 3.73. The van der Waals surface area contributed by atoms with E-state index in [9.17, 15) is 4.79 Å². The number of rotatable bonds is 6. The van der Waals surface area contributed by atoms with E-state index in [1.165, 1.54) is 18.6 Å². The first-order valence-electron chi connectivity index (χ1n) is 11.4. The average Bonchev–Trinajstić information content (AvgIpc) is 2.92. The zero-order valence-corrected chi connectivity index (χ0v) is 20.4. The molecule has 188 valence electrons. The Bertz CT molecular complexity index is 1380. The van der Waals surface area contributed by atoms with Crippen LogP contribution in [0.25, 0.3) is 11.1 Å². The molecule has 1 aromatic carbocycles. The lowest BCUT2D eigenvalue weighted by molar-refractivity contribution is 0.122. The lowest BCUT2D eigenvalue weighted by Gasteiger charge is -2.29. The predicted molar refractivity (Wildman–Crippen MR) is 141 cm³/mol. The Labute approximate surface area is 217 Å². The fourth-order valence-corrected chi connectivity index (χ4v) is 3.89. The van der Waals surface area contributed by atoms with Crippen LogP contribution in [0.1, 0.15) is 0 Å². The minimum absolute atomic E-state index is 0.129. The lowest BCUT2D eigenvalue weighted by Crippen LogP contribution is -2.37. The summed E-state index contributed by atoms with van der Waals surface area (Å²) in [7, 11) is 0. The van der Waals surface area contributed by atoms with E-state index in [2.05, 4.69) is 35.5 Å². The van der Waals surface area contributed by atoms with Crippen molar-refractivity contribution in [3.63, 3.8) is 0 Å². The molecule has 4 heterocycles. The fraction of sp³-hybridized carbons (Fsp3) is 0.160.